The van der Waals surface area contributed by atoms with Crippen molar-refractivity contribution in [2.45, 2.75) is 0 Å². The molecule has 0 radical (unpaired) electrons. The van der Waals surface area contributed by atoms with Gasteiger partial charge in [0.25, 0.3) is 0 Å². The summed E-state index contributed by atoms with van der Waals surface area (Å²) in [5.74, 6) is 0. The zero-order valence-corrected chi connectivity index (χ0v) is 6.39. The van der Waals surface area contributed by atoms with Gasteiger partial charge in [0.1, 0.15) is 0 Å². The zero-order valence-electron chi connectivity index (χ0n) is 5.63. The van der Waals surface area contributed by atoms with E-state index in [1.54, 1.807) is 6.20 Å². The predicted molar refractivity (Wildman–Crippen MR) is 43.4 cm³/mol. The standard InChI is InChI=1S/C7H6ClN3/c8-7-10-4-6(11-7)5-2-1-3-9-5/h1-4,9H,(H,10,11). The maximum atomic E-state index is 5.60. The molecular weight excluding hydrogens is 162 g/mol. The van der Waals surface area contributed by atoms with Crippen molar-refractivity contribution >= 4 is 11.6 Å². The lowest BCUT2D eigenvalue weighted by Gasteiger charge is -1.87. The van der Waals surface area contributed by atoms with E-state index in [4.69, 9.17) is 11.6 Å². The third-order valence-corrected chi connectivity index (χ3v) is 1.63. The van der Waals surface area contributed by atoms with Crippen molar-refractivity contribution in [2.75, 3.05) is 0 Å². The zero-order chi connectivity index (χ0) is 7.68. The third-order valence-electron chi connectivity index (χ3n) is 1.43. The fourth-order valence-corrected chi connectivity index (χ4v) is 1.08. The van der Waals surface area contributed by atoms with Gasteiger partial charge in [0.05, 0.1) is 17.6 Å². The molecule has 4 heteroatoms. The molecule has 0 aliphatic carbocycles. The number of hydrogen-bond acceptors (Lipinski definition) is 1. The van der Waals surface area contributed by atoms with Crippen molar-refractivity contribution in [3.8, 4) is 11.4 Å². The molecule has 3 nitrogen and oxygen atoms in total. The first-order valence-corrected chi connectivity index (χ1v) is 3.58. The number of nitrogens with one attached hydrogen (secondary N) is 2. The second-order valence-corrected chi connectivity index (χ2v) is 2.53. The molecule has 0 atom stereocenters. The molecule has 0 bridgehead atoms. The molecular formula is C7H6ClN3. The van der Waals surface area contributed by atoms with Gasteiger partial charge in [0.15, 0.2) is 0 Å². The predicted octanol–water partition coefficient (Wildman–Crippen LogP) is 2.06. The normalized spacial score (nSPS) is 10.3. The van der Waals surface area contributed by atoms with Crippen molar-refractivity contribution in [2.24, 2.45) is 0 Å². The lowest BCUT2D eigenvalue weighted by atomic mass is 10.3. The largest absolute Gasteiger partial charge is 0.360 e. The van der Waals surface area contributed by atoms with Crippen LogP contribution in [-0.4, -0.2) is 15.0 Å². The molecule has 0 spiro atoms. The third kappa shape index (κ3) is 1.14. The summed E-state index contributed by atoms with van der Waals surface area (Å²) in [6.45, 7) is 0. The molecule has 2 N–H and O–H groups in total. The van der Waals surface area contributed by atoms with Crippen molar-refractivity contribution < 1.29 is 0 Å². The fourth-order valence-electron chi connectivity index (χ4n) is 0.932. The number of aromatic nitrogens is 3. The number of halogens is 1. The number of imidazole rings is 1. The van der Waals surface area contributed by atoms with Crippen molar-refractivity contribution in [1.29, 1.82) is 0 Å². The molecule has 56 valence electrons. The molecule has 0 fully saturated rings. The lowest BCUT2D eigenvalue weighted by molar-refractivity contribution is 1.30. The van der Waals surface area contributed by atoms with E-state index in [2.05, 4.69) is 15.0 Å². The summed E-state index contributed by atoms with van der Waals surface area (Å²) < 4.78 is 0. The highest BCUT2D eigenvalue weighted by Gasteiger charge is 1.99. The number of hydrogen-bond donors (Lipinski definition) is 2. The summed E-state index contributed by atoms with van der Waals surface area (Å²) in [4.78, 5) is 9.80. The lowest BCUT2D eigenvalue weighted by Crippen LogP contribution is -1.73. The summed E-state index contributed by atoms with van der Waals surface area (Å²) >= 11 is 5.60. The van der Waals surface area contributed by atoms with Gasteiger partial charge >= 0.3 is 0 Å². The Bertz CT molecular complexity index is 336. The highest BCUT2D eigenvalue weighted by atomic mass is 35.5. The van der Waals surface area contributed by atoms with Crippen LogP contribution in [0.25, 0.3) is 11.4 Å². The molecule has 0 saturated carbocycles. The molecule has 11 heavy (non-hydrogen) atoms. The summed E-state index contributed by atoms with van der Waals surface area (Å²) in [5.41, 5.74) is 1.89. The second-order valence-electron chi connectivity index (χ2n) is 2.17. The Morgan fingerprint density at radius 3 is 2.82 bits per heavy atom. The molecule has 2 aromatic heterocycles. The van der Waals surface area contributed by atoms with Crippen LogP contribution in [0, 0.1) is 0 Å². The molecule has 0 amide bonds. The van der Waals surface area contributed by atoms with Gasteiger partial charge in [-0.1, -0.05) is 0 Å². The van der Waals surface area contributed by atoms with Crippen LogP contribution in [0.15, 0.2) is 24.5 Å². The quantitative estimate of drug-likeness (QED) is 0.671. The minimum Gasteiger partial charge on any atom is -0.360 e. The number of H-pyrrole nitrogens is 2. The Hall–Kier alpha value is -1.22. The first kappa shape index (κ1) is 6.49. The van der Waals surface area contributed by atoms with Gasteiger partial charge in [-0.3, -0.25) is 0 Å². The van der Waals surface area contributed by atoms with Gasteiger partial charge in [-0.25, -0.2) is 4.98 Å². The van der Waals surface area contributed by atoms with Gasteiger partial charge in [-0.15, -0.1) is 0 Å². The average molecular weight is 168 g/mol. The number of rotatable bonds is 1. The average Bonchev–Trinajstić information content (AvgIpc) is 2.55. The summed E-state index contributed by atoms with van der Waals surface area (Å²) in [6.07, 6.45) is 3.54. The molecule has 0 aromatic carbocycles. The van der Waals surface area contributed by atoms with Crippen molar-refractivity contribution in [3.05, 3.63) is 29.8 Å². The van der Waals surface area contributed by atoms with Crippen LogP contribution < -0.4 is 0 Å². The monoisotopic (exact) mass is 167 g/mol. The Labute approximate surface area is 68.4 Å². The van der Waals surface area contributed by atoms with E-state index in [0.29, 0.717) is 5.28 Å². The molecule has 0 saturated heterocycles. The van der Waals surface area contributed by atoms with Crippen molar-refractivity contribution in [3.63, 3.8) is 0 Å². The van der Waals surface area contributed by atoms with Crippen LogP contribution in [0.4, 0.5) is 0 Å². The Kier molecular flexibility index (Phi) is 1.43. The van der Waals surface area contributed by atoms with Crippen LogP contribution in [0.5, 0.6) is 0 Å². The molecule has 0 unspecified atom stereocenters. The summed E-state index contributed by atoms with van der Waals surface area (Å²) in [5, 5.41) is 0.412. The number of nitrogens with zero attached hydrogens (tertiary/aromatic N) is 1. The van der Waals surface area contributed by atoms with Crippen LogP contribution >= 0.6 is 11.6 Å². The highest BCUT2D eigenvalue weighted by molar-refractivity contribution is 6.28. The van der Waals surface area contributed by atoms with Crippen LogP contribution in [0.1, 0.15) is 0 Å². The van der Waals surface area contributed by atoms with Gasteiger partial charge in [-0.2, -0.15) is 0 Å². The van der Waals surface area contributed by atoms with E-state index in [1.807, 2.05) is 18.3 Å². The Balaban J connectivity index is 2.45. The van der Waals surface area contributed by atoms with Crippen LogP contribution in [0.2, 0.25) is 5.28 Å². The minimum atomic E-state index is 0.412. The molecule has 0 aliphatic heterocycles. The second kappa shape index (κ2) is 2.43. The van der Waals surface area contributed by atoms with Crippen molar-refractivity contribution in [1.82, 2.24) is 15.0 Å². The first-order valence-electron chi connectivity index (χ1n) is 3.20. The van der Waals surface area contributed by atoms with Gasteiger partial charge in [-0.05, 0) is 23.7 Å². The minimum absolute atomic E-state index is 0.412. The maximum absolute atomic E-state index is 5.60. The molecule has 2 rings (SSSR count). The van der Waals surface area contributed by atoms with E-state index in [9.17, 15) is 0 Å². The van der Waals surface area contributed by atoms with Gasteiger partial charge in [0.2, 0.25) is 5.28 Å². The van der Waals surface area contributed by atoms with E-state index in [0.717, 1.165) is 11.4 Å². The maximum Gasteiger partial charge on any atom is 0.200 e. The topological polar surface area (TPSA) is 44.5 Å². The van der Waals surface area contributed by atoms with Crippen LogP contribution in [0.3, 0.4) is 0 Å². The fraction of sp³-hybridized carbons (Fsp3) is 0. The van der Waals surface area contributed by atoms with E-state index >= 15 is 0 Å². The number of aromatic amines is 2. The smallest absolute Gasteiger partial charge is 0.200 e. The molecule has 2 heterocycles. The molecule has 0 aliphatic rings. The van der Waals surface area contributed by atoms with Gasteiger partial charge < -0.3 is 9.97 Å². The van der Waals surface area contributed by atoms with Crippen LogP contribution in [-0.2, 0) is 0 Å². The molecule has 2 aromatic rings. The summed E-state index contributed by atoms with van der Waals surface area (Å²) in [7, 11) is 0. The van der Waals surface area contributed by atoms with E-state index in [-0.39, 0.29) is 0 Å². The van der Waals surface area contributed by atoms with Gasteiger partial charge in [0, 0.05) is 6.20 Å². The highest BCUT2D eigenvalue weighted by Crippen LogP contribution is 2.15. The van der Waals surface area contributed by atoms with E-state index in [1.165, 1.54) is 0 Å². The SMILES string of the molecule is Clc1ncc(-c2ccc[nH]2)[nH]1. The first-order chi connectivity index (χ1) is 5.36. The Morgan fingerprint density at radius 1 is 1.36 bits per heavy atom. The summed E-state index contributed by atoms with van der Waals surface area (Å²) in [6, 6.07) is 3.87. The Morgan fingerprint density at radius 2 is 2.27 bits per heavy atom. The van der Waals surface area contributed by atoms with E-state index < -0.39 is 0 Å².